The monoisotopic (exact) mass is 428 g/mol. The zero-order chi connectivity index (χ0) is 21.7. The summed E-state index contributed by atoms with van der Waals surface area (Å²) in [5.41, 5.74) is 2.60. The van der Waals surface area contributed by atoms with Gasteiger partial charge in [-0.1, -0.05) is 18.2 Å². The van der Waals surface area contributed by atoms with E-state index in [0.29, 0.717) is 17.1 Å². The Morgan fingerprint density at radius 2 is 1.73 bits per heavy atom. The zero-order valence-corrected chi connectivity index (χ0v) is 17.3. The summed E-state index contributed by atoms with van der Waals surface area (Å²) in [6.45, 7) is 3.40. The van der Waals surface area contributed by atoms with Gasteiger partial charge in [-0.25, -0.2) is 12.8 Å². The first-order chi connectivity index (χ1) is 14.2. The number of carbonyl (C=O) groups excluding carboxylic acids is 1. The topological polar surface area (TPSA) is 84.5 Å². The van der Waals surface area contributed by atoms with E-state index in [1.54, 1.807) is 12.1 Å². The Balaban J connectivity index is 1.61. The average Bonchev–Trinajstić information content (AvgIpc) is 2.69. The molecule has 0 spiro atoms. The molecule has 0 radical (unpaired) electrons. The quantitative estimate of drug-likeness (QED) is 0.589. The first kappa shape index (κ1) is 21.3. The minimum Gasteiger partial charge on any atom is -0.484 e. The molecule has 0 unspecified atom stereocenters. The number of hydrogen-bond acceptors (Lipinski definition) is 4. The Hall–Kier alpha value is -3.39. The molecule has 30 heavy (non-hydrogen) atoms. The lowest BCUT2D eigenvalue weighted by Crippen LogP contribution is -2.20. The lowest BCUT2D eigenvalue weighted by molar-refractivity contribution is -0.118. The molecule has 0 saturated carbocycles. The minimum atomic E-state index is -3.77. The van der Waals surface area contributed by atoms with Gasteiger partial charge in [-0.05, 0) is 73.5 Å². The van der Waals surface area contributed by atoms with Gasteiger partial charge in [0.2, 0.25) is 0 Å². The number of amides is 1. The van der Waals surface area contributed by atoms with Gasteiger partial charge in [0.15, 0.2) is 6.61 Å². The van der Waals surface area contributed by atoms with E-state index in [2.05, 4.69) is 10.0 Å². The van der Waals surface area contributed by atoms with Crippen LogP contribution in [0.5, 0.6) is 5.75 Å². The molecule has 156 valence electrons. The fraction of sp³-hybridized carbons (Fsp3) is 0.136. The van der Waals surface area contributed by atoms with E-state index in [0.717, 1.165) is 11.1 Å². The molecule has 0 aliphatic rings. The van der Waals surface area contributed by atoms with Crippen molar-refractivity contribution in [1.82, 2.24) is 0 Å². The van der Waals surface area contributed by atoms with Crippen molar-refractivity contribution in [3.63, 3.8) is 0 Å². The van der Waals surface area contributed by atoms with Gasteiger partial charge < -0.3 is 10.1 Å². The summed E-state index contributed by atoms with van der Waals surface area (Å²) in [5, 5.41) is 2.52. The first-order valence-electron chi connectivity index (χ1n) is 9.11. The first-order valence-corrected chi connectivity index (χ1v) is 10.6. The Morgan fingerprint density at radius 3 is 2.43 bits per heavy atom. The Bertz CT molecular complexity index is 1160. The number of aryl methyl sites for hydroxylation is 2. The fourth-order valence-corrected chi connectivity index (χ4v) is 3.80. The third-order valence-corrected chi connectivity index (χ3v) is 5.63. The number of halogens is 1. The smallest absolute Gasteiger partial charge is 0.262 e. The van der Waals surface area contributed by atoms with Gasteiger partial charge >= 0.3 is 0 Å². The van der Waals surface area contributed by atoms with Gasteiger partial charge in [0.25, 0.3) is 15.9 Å². The number of benzene rings is 3. The summed E-state index contributed by atoms with van der Waals surface area (Å²) in [4.78, 5) is 12.0. The number of nitrogens with one attached hydrogen (secondary N) is 2. The average molecular weight is 428 g/mol. The molecule has 0 atom stereocenters. The van der Waals surface area contributed by atoms with Gasteiger partial charge in [-0.15, -0.1) is 0 Å². The summed E-state index contributed by atoms with van der Waals surface area (Å²) >= 11 is 0. The molecule has 0 fully saturated rings. The number of sulfonamides is 1. The van der Waals surface area contributed by atoms with Crippen molar-refractivity contribution < 1.29 is 22.3 Å². The van der Waals surface area contributed by atoms with Crippen LogP contribution in [0.3, 0.4) is 0 Å². The molecular formula is C22H21FN2O4S. The Morgan fingerprint density at radius 1 is 1.00 bits per heavy atom. The summed E-state index contributed by atoms with van der Waals surface area (Å²) in [6.07, 6.45) is 0. The van der Waals surface area contributed by atoms with Crippen molar-refractivity contribution in [3.05, 3.63) is 83.7 Å². The summed E-state index contributed by atoms with van der Waals surface area (Å²) < 4.78 is 46.4. The van der Waals surface area contributed by atoms with E-state index in [-0.39, 0.29) is 11.5 Å². The van der Waals surface area contributed by atoms with Gasteiger partial charge in [0.05, 0.1) is 10.6 Å². The second-order valence-corrected chi connectivity index (χ2v) is 8.42. The standard InChI is InChI=1S/C22H21FN2O4S/c1-15-6-7-16(2)21(12-15)25-30(27,28)20-10-8-19(9-11-20)29-14-22(26)24-18-5-3-4-17(23)13-18/h3-13,25H,14H2,1-2H3,(H,24,26). The van der Waals surface area contributed by atoms with Crippen LogP contribution in [-0.4, -0.2) is 20.9 Å². The second kappa shape index (κ2) is 8.96. The molecule has 0 saturated heterocycles. The molecule has 0 bridgehead atoms. The number of hydrogen-bond donors (Lipinski definition) is 2. The van der Waals surface area contributed by atoms with Crippen molar-refractivity contribution in [1.29, 1.82) is 0 Å². The van der Waals surface area contributed by atoms with Gasteiger partial charge in [-0.3, -0.25) is 9.52 Å². The number of anilines is 2. The van der Waals surface area contributed by atoms with Crippen LogP contribution in [-0.2, 0) is 14.8 Å². The van der Waals surface area contributed by atoms with Gasteiger partial charge in [0.1, 0.15) is 11.6 Å². The normalized spacial score (nSPS) is 11.0. The van der Waals surface area contributed by atoms with E-state index in [1.165, 1.54) is 42.5 Å². The summed E-state index contributed by atoms with van der Waals surface area (Å²) in [6, 6.07) is 16.8. The molecule has 0 aliphatic heterocycles. The zero-order valence-electron chi connectivity index (χ0n) is 16.5. The maximum atomic E-state index is 13.1. The number of carbonyl (C=O) groups is 1. The van der Waals surface area contributed by atoms with E-state index >= 15 is 0 Å². The van der Waals surface area contributed by atoms with Crippen LogP contribution in [0.25, 0.3) is 0 Å². The summed E-state index contributed by atoms with van der Waals surface area (Å²) in [7, 11) is -3.77. The maximum Gasteiger partial charge on any atom is 0.262 e. The molecule has 3 aromatic rings. The third-order valence-electron chi connectivity index (χ3n) is 4.25. The van der Waals surface area contributed by atoms with Crippen LogP contribution in [0, 0.1) is 19.7 Å². The molecule has 0 aromatic heterocycles. The molecule has 8 heteroatoms. The molecule has 0 heterocycles. The van der Waals surface area contributed by atoms with Gasteiger partial charge in [-0.2, -0.15) is 0 Å². The van der Waals surface area contributed by atoms with Crippen LogP contribution in [0.2, 0.25) is 0 Å². The lowest BCUT2D eigenvalue weighted by Gasteiger charge is -2.12. The molecular weight excluding hydrogens is 407 g/mol. The molecule has 2 N–H and O–H groups in total. The van der Waals surface area contributed by atoms with Crippen molar-refractivity contribution in [2.45, 2.75) is 18.7 Å². The second-order valence-electron chi connectivity index (χ2n) is 6.74. The third kappa shape index (κ3) is 5.57. The Kier molecular flexibility index (Phi) is 6.37. The summed E-state index contributed by atoms with van der Waals surface area (Å²) in [5.74, 6) is -0.594. The SMILES string of the molecule is Cc1ccc(C)c(NS(=O)(=O)c2ccc(OCC(=O)Nc3cccc(F)c3)cc2)c1. The number of ether oxygens (including phenoxy) is 1. The van der Waals surface area contributed by atoms with E-state index in [9.17, 15) is 17.6 Å². The predicted octanol–water partition coefficient (Wildman–Crippen LogP) is 4.26. The van der Waals surface area contributed by atoms with Crippen molar-refractivity contribution >= 4 is 27.3 Å². The highest BCUT2D eigenvalue weighted by atomic mass is 32.2. The van der Waals surface area contributed by atoms with Crippen LogP contribution >= 0.6 is 0 Å². The number of rotatable bonds is 7. The van der Waals surface area contributed by atoms with E-state index in [4.69, 9.17) is 4.74 Å². The highest BCUT2D eigenvalue weighted by molar-refractivity contribution is 7.92. The Labute approximate surface area is 174 Å². The molecule has 0 aliphatic carbocycles. The highest BCUT2D eigenvalue weighted by Crippen LogP contribution is 2.22. The van der Waals surface area contributed by atoms with E-state index < -0.39 is 21.7 Å². The molecule has 3 rings (SSSR count). The van der Waals surface area contributed by atoms with Crippen LogP contribution < -0.4 is 14.8 Å². The fourth-order valence-electron chi connectivity index (χ4n) is 2.68. The molecule has 1 amide bonds. The largest absolute Gasteiger partial charge is 0.484 e. The minimum absolute atomic E-state index is 0.0694. The van der Waals surface area contributed by atoms with Crippen LogP contribution in [0.1, 0.15) is 11.1 Å². The van der Waals surface area contributed by atoms with Crippen molar-refractivity contribution in [2.75, 3.05) is 16.6 Å². The molecule has 6 nitrogen and oxygen atoms in total. The van der Waals surface area contributed by atoms with Crippen LogP contribution in [0.15, 0.2) is 71.6 Å². The maximum absolute atomic E-state index is 13.1. The van der Waals surface area contributed by atoms with Crippen LogP contribution in [0.4, 0.5) is 15.8 Å². The predicted molar refractivity (Wildman–Crippen MR) is 114 cm³/mol. The van der Waals surface area contributed by atoms with E-state index in [1.807, 2.05) is 26.0 Å². The van der Waals surface area contributed by atoms with Crippen molar-refractivity contribution in [2.24, 2.45) is 0 Å². The van der Waals surface area contributed by atoms with Crippen molar-refractivity contribution in [3.8, 4) is 5.75 Å². The lowest BCUT2D eigenvalue weighted by atomic mass is 10.1. The molecule has 3 aromatic carbocycles. The highest BCUT2D eigenvalue weighted by Gasteiger charge is 2.15. The van der Waals surface area contributed by atoms with Gasteiger partial charge in [0, 0.05) is 5.69 Å².